The van der Waals surface area contributed by atoms with Crippen molar-refractivity contribution in [1.29, 1.82) is 0 Å². The van der Waals surface area contributed by atoms with Gasteiger partial charge >= 0.3 is 12.2 Å². The standard InChI is InChI=1S/C43H55N9O7/c1-27(2)37(49-43(56)58-4)41(54)52-19-6-8-36(52)39-45-26-34(47-39)31-15-11-29(12-16-31)28-9-13-30(14-10-28)33-25-44-38(46-33)35-7-5-18-51(35)40(53)32(48-42(55)57-3)17-20-50-21-23-59-24-22-50/h9-16,25-27,32,35-37H,5-8,17-24H2,1-4H3,(H,44,46)(H,45,47)(H,48,55)(H,49,56)/t32-,35-,36-,37-/m0/s1. The van der Waals surface area contributed by atoms with Crippen molar-refractivity contribution >= 4 is 24.0 Å². The van der Waals surface area contributed by atoms with E-state index in [1.54, 1.807) is 6.20 Å². The number of rotatable bonds is 13. The smallest absolute Gasteiger partial charge is 0.407 e. The van der Waals surface area contributed by atoms with Crippen molar-refractivity contribution in [3.63, 3.8) is 0 Å². The van der Waals surface area contributed by atoms with Crippen molar-refractivity contribution in [3.8, 4) is 33.6 Å². The lowest BCUT2D eigenvalue weighted by molar-refractivity contribution is -0.136. The fourth-order valence-electron chi connectivity index (χ4n) is 8.29. The van der Waals surface area contributed by atoms with Gasteiger partial charge in [0.05, 0.1) is 63.3 Å². The van der Waals surface area contributed by atoms with Crippen LogP contribution in [0.1, 0.15) is 69.7 Å². The van der Waals surface area contributed by atoms with E-state index in [0.29, 0.717) is 39.3 Å². The highest BCUT2D eigenvalue weighted by atomic mass is 16.5. The van der Waals surface area contributed by atoms with Crippen LogP contribution >= 0.6 is 0 Å². The number of ether oxygens (including phenoxy) is 3. The maximum absolute atomic E-state index is 13.9. The van der Waals surface area contributed by atoms with Crippen LogP contribution in [0.2, 0.25) is 0 Å². The van der Waals surface area contributed by atoms with E-state index in [1.165, 1.54) is 14.2 Å². The van der Waals surface area contributed by atoms with Gasteiger partial charge in [-0.2, -0.15) is 0 Å². The molecule has 2 aromatic carbocycles. The van der Waals surface area contributed by atoms with E-state index in [9.17, 15) is 19.2 Å². The summed E-state index contributed by atoms with van der Waals surface area (Å²) >= 11 is 0. The number of carbonyl (C=O) groups is 4. The number of carbonyl (C=O) groups excluding carboxylic acids is 4. The van der Waals surface area contributed by atoms with Crippen molar-refractivity contribution < 1.29 is 33.4 Å². The molecule has 3 aliphatic heterocycles. The number of nitrogens with zero attached hydrogens (tertiary/aromatic N) is 5. The molecule has 0 aliphatic carbocycles. The molecule has 4 N–H and O–H groups in total. The van der Waals surface area contributed by atoms with Gasteiger partial charge in [-0.05, 0) is 60.3 Å². The predicted molar refractivity (Wildman–Crippen MR) is 220 cm³/mol. The minimum atomic E-state index is -0.708. The van der Waals surface area contributed by atoms with E-state index in [0.717, 1.165) is 84.1 Å². The Labute approximate surface area is 344 Å². The first kappa shape index (κ1) is 41.4. The Morgan fingerprint density at radius 3 is 1.68 bits per heavy atom. The maximum Gasteiger partial charge on any atom is 0.407 e. The fourth-order valence-corrected chi connectivity index (χ4v) is 8.29. The van der Waals surface area contributed by atoms with Crippen LogP contribution in [-0.2, 0) is 23.8 Å². The summed E-state index contributed by atoms with van der Waals surface area (Å²) in [6.07, 6.45) is 6.08. The van der Waals surface area contributed by atoms with Gasteiger partial charge in [0, 0.05) is 32.7 Å². The molecular formula is C43H55N9O7. The zero-order valence-corrected chi connectivity index (χ0v) is 34.2. The molecule has 0 spiro atoms. The Morgan fingerprint density at radius 1 is 0.712 bits per heavy atom. The molecule has 16 nitrogen and oxygen atoms in total. The number of likely N-dealkylation sites (tertiary alicyclic amines) is 2. The molecular weight excluding hydrogens is 755 g/mol. The van der Waals surface area contributed by atoms with E-state index in [4.69, 9.17) is 19.2 Å². The lowest BCUT2D eigenvalue weighted by Crippen LogP contribution is -2.51. The highest BCUT2D eigenvalue weighted by Crippen LogP contribution is 2.35. The fraction of sp³-hybridized carbons (Fsp3) is 0.488. The topological polar surface area (TPSA) is 187 Å². The SMILES string of the molecule is COC(=O)N[C@@H](CCN1CCOCC1)C(=O)N1CCC[C@H]1c1ncc(-c2ccc(-c3ccc(-c4cnc([C@@H]5CCCN5C(=O)[C@@H](NC(=O)OC)C(C)C)[nH]4)cc3)cc2)[nH]1. The summed E-state index contributed by atoms with van der Waals surface area (Å²) in [7, 11) is 2.59. The average molecular weight is 810 g/mol. The van der Waals surface area contributed by atoms with E-state index in [2.05, 4.69) is 79.0 Å². The number of hydrogen-bond donors (Lipinski definition) is 4. The molecule has 3 fully saturated rings. The highest BCUT2D eigenvalue weighted by molar-refractivity contribution is 5.87. The second kappa shape index (κ2) is 18.9. The number of aromatic amines is 2. The van der Waals surface area contributed by atoms with Crippen LogP contribution in [0.25, 0.3) is 33.6 Å². The van der Waals surface area contributed by atoms with E-state index in [1.807, 2.05) is 29.8 Å². The summed E-state index contributed by atoms with van der Waals surface area (Å²) in [6.45, 7) is 8.57. The second-order valence-electron chi connectivity index (χ2n) is 15.7. The zero-order valence-electron chi connectivity index (χ0n) is 34.2. The largest absolute Gasteiger partial charge is 0.453 e. The molecule has 314 valence electrons. The zero-order chi connectivity index (χ0) is 41.5. The van der Waals surface area contributed by atoms with Crippen LogP contribution in [0.5, 0.6) is 0 Å². The number of alkyl carbamates (subject to hydrolysis) is 2. The average Bonchev–Trinajstić information content (AvgIpc) is 4.11. The summed E-state index contributed by atoms with van der Waals surface area (Å²) in [4.78, 5) is 73.9. The first-order chi connectivity index (χ1) is 28.6. The third-order valence-corrected chi connectivity index (χ3v) is 11.6. The number of benzene rings is 2. The molecule has 3 saturated heterocycles. The van der Waals surface area contributed by atoms with Gasteiger partial charge in [0.1, 0.15) is 23.7 Å². The molecule has 0 bridgehead atoms. The quantitative estimate of drug-likeness (QED) is 0.138. The molecule has 0 saturated carbocycles. The third-order valence-electron chi connectivity index (χ3n) is 11.6. The number of aromatic nitrogens is 4. The molecule has 0 unspecified atom stereocenters. The van der Waals surface area contributed by atoms with Gasteiger partial charge in [0.25, 0.3) is 0 Å². The van der Waals surface area contributed by atoms with E-state index in [-0.39, 0.29) is 29.8 Å². The minimum Gasteiger partial charge on any atom is -0.453 e. The molecule has 4 aromatic rings. The van der Waals surface area contributed by atoms with E-state index < -0.39 is 24.3 Å². The van der Waals surface area contributed by atoms with Crippen LogP contribution < -0.4 is 10.6 Å². The van der Waals surface area contributed by atoms with Crippen LogP contribution in [0, 0.1) is 5.92 Å². The van der Waals surface area contributed by atoms with Gasteiger partial charge < -0.3 is 44.6 Å². The van der Waals surface area contributed by atoms with Crippen molar-refractivity contribution in [2.24, 2.45) is 5.92 Å². The molecule has 0 radical (unpaired) electrons. The molecule has 7 rings (SSSR count). The molecule has 4 amide bonds. The number of methoxy groups -OCH3 is 2. The van der Waals surface area contributed by atoms with Gasteiger partial charge in [0.2, 0.25) is 11.8 Å². The van der Waals surface area contributed by atoms with Crippen molar-refractivity contribution in [2.75, 3.05) is 60.2 Å². The third kappa shape index (κ3) is 9.60. The molecule has 2 aromatic heterocycles. The van der Waals surface area contributed by atoms with Gasteiger partial charge in [-0.1, -0.05) is 62.4 Å². The summed E-state index contributed by atoms with van der Waals surface area (Å²) in [5.74, 6) is 1.06. The summed E-state index contributed by atoms with van der Waals surface area (Å²) in [5, 5.41) is 5.47. The summed E-state index contributed by atoms with van der Waals surface area (Å²) < 4.78 is 15.1. The van der Waals surface area contributed by atoms with Crippen LogP contribution in [0.15, 0.2) is 60.9 Å². The maximum atomic E-state index is 13.9. The number of H-pyrrole nitrogens is 2. The first-order valence-electron chi connectivity index (χ1n) is 20.5. The van der Waals surface area contributed by atoms with Crippen LogP contribution in [0.3, 0.4) is 0 Å². The van der Waals surface area contributed by atoms with Gasteiger partial charge in [-0.3, -0.25) is 14.5 Å². The second-order valence-corrected chi connectivity index (χ2v) is 15.7. The summed E-state index contributed by atoms with van der Waals surface area (Å²) in [5.41, 5.74) is 5.77. The highest BCUT2D eigenvalue weighted by Gasteiger charge is 2.38. The predicted octanol–water partition coefficient (Wildman–Crippen LogP) is 5.29. The van der Waals surface area contributed by atoms with Crippen LogP contribution in [-0.4, -0.2) is 131 Å². The lowest BCUT2D eigenvalue weighted by Gasteiger charge is -2.31. The Morgan fingerprint density at radius 2 is 1.19 bits per heavy atom. The Kier molecular flexibility index (Phi) is 13.3. The number of imidazole rings is 2. The van der Waals surface area contributed by atoms with Gasteiger partial charge in [-0.15, -0.1) is 0 Å². The van der Waals surface area contributed by atoms with Crippen LogP contribution in [0.4, 0.5) is 9.59 Å². The summed E-state index contributed by atoms with van der Waals surface area (Å²) in [6, 6.07) is 14.7. The van der Waals surface area contributed by atoms with Gasteiger partial charge in [-0.25, -0.2) is 19.6 Å². The number of hydrogen-bond acceptors (Lipinski definition) is 10. The Bertz CT molecular complexity index is 2060. The number of nitrogens with one attached hydrogen (secondary N) is 4. The first-order valence-corrected chi connectivity index (χ1v) is 20.5. The van der Waals surface area contributed by atoms with Crippen molar-refractivity contribution in [1.82, 2.24) is 45.3 Å². The van der Waals surface area contributed by atoms with Crippen molar-refractivity contribution in [3.05, 3.63) is 72.6 Å². The molecule has 3 aliphatic rings. The molecule has 5 heterocycles. The lowest BCUT2D eigenvalue weighted by atomic mass is 10.0. The molecule has 4 atom stereocenters. The number of amides is 4. The monoisotopic (exact) mass is 809 g/mol. The molecule has 59 heavy (non-hydrogen) atoms. The minimum absolute atomic E-state index is 0.107. The Hall–Kier alpha value is -5.74. The normalized spacial score (nSPS) is 19.4. The Balaban J connectivity index is 0.983. The molecule has 16 heteroatoms. The number of morpholine rings is 1. The van der Waals surface area contributed by atoms with Gasteiger partial charge in [0.15, 0.2) is 0 Å². The van der Waals surface area contributed by atoms with Crippen molar-refractivity contribution in [2.45, 2.75) is 70.1 Å². The van der Waals surface area contributed by atoms with E-state index >= 15 is 0 Å².